The predicted molar refractivity (Wildman–Crippen MR) is 151 cm³/mol. The Balaban J connectivity index is 1.41. The number of aliphatic hydroxyl groups excluding tert-OH is 1. The van der Waals surface area contributed by atoms with Gasteiger partial charge in [0.25, 0.3) is 5.91 Å². The van der Waals surface area contributed by atoms with E-state index in [4.69, 9.17) is 14.3 Å². The predicted octanol–water partition coefficient (Wildman–Crippen LogP) is 2.08. The number of anilines is 1. The highest BCUT2D eigenvalue weighted by Gasteiger charge is 2.31. The van der Waals surface area contributed by atoms with Crippen molar-refractivity contribution in [3.05, 3.63) is 48.2 Å². The molecule has 0 unspecified atom stereocenters. The summed E-state index contributed by atoms with van der Waals surface area (Å²) in [5.74, 6) is -0.983. The summed E-state index contributed by atoms with van der Waals surface area (Å²) in [6.07, 6.45) is 1.87. The Hall–Kier alpha value is -3.74. The fraction of sp³-hybridized carbons (Fsp3) is 0.517. The molecule has 0 bridgehead atoms. The van der Waals surface area contributed by atoms with Gasteiger partial charge in [-0.1, -0.05) is 43.7 Å². The number of hydroxylamine groups is 2. The van der Waals surface area contributed by atoms with Gasteiger partial charge in [-0.15, -0.1) is 5.06 Å². The second kappa shape index (κ2) is 14.8. The molecule has 1 aromatic heterocycles. The van der Waals surface area contributed by atoms with Gasteiger partial charge in [0.05, 0.1) is 38.1 Å². The van der Waals surface area contributed by atoms with E-state index in [0.717, 1.165) is 37.1 Å². The maximum atomic E-state index is 13.4. The van der Waals surface area contributed by atoms with Gasteiger partial charge < -0.3 is 34.5 Å². The summed E-state index contributed by atoms with van der Waals surface area (Å²) in [4.78, 5) is 51.8. The molecule has 2 aliphatic rings. The van der Waals surface area contributed by atoms with E-state index in [0.29, 0.717) is 18.8 Å². The van der Waals surface area contributed by atoms with Crippen molar-refractivity contribution in [3.8, 4) is 11.3 Å². The molecule has 2 fully saturated rings. The van der Waals surface area contributed by atoms with Crippen LogP contribution in [0.5, 0.6) is 0 Å². The molecule has 0 aliphatic carbocycles. The van der Waals surface area contributed by atoms with Gasteiger partial charge >= 0.3 is 6.16 Å². The molecule has 1 aromatic carbocycles. The highest BCUT2D eigenvalue weighted by molar-refractivity contribution is 5.97. The summed E-state index contributed by atoms with van der Waals surface area (Å²) in [6, 6.07) is 12.1. The summed E-state index contributed by atoms with van der Waals surface area (Å²) in [5, 5.41) is 14.1. The molecule has 2 atom stereocenters. The summed E-state index contributed by atoms with van der Waals surface area (Å²) in [6.45, 7) is 4.27. The van der Waals surface area contributed by atoms with Gasteiger partial charge in [0, 0.05) is 44.5 Å². The van der Waals surface area contributed by atoms with Crippen molar-refractivity contribution in [1.82, 2.24) is 20.3 Å². The summed E-state index contributed by atoms with van der Waals surface area (Å²) in [7, 11) is 1.69. The number of hydrogen-bond donors (Lipinski definition) is 2. The first-order valence-electron chi connectivity index (χ1n) is 14.1. The number of ether oxygens (including phenoxy) is 2. The second-order valence-corrected chi connectivity index (χ2v) is 10.1. The van der Waals surface area contributed by atoms with Crippen LogP contribution in [0.25, 0.3) is 11.3 Å². The number of rotatable bonds is 11. The SMILES string of the molecule is CCCCOC(=O)ON1CCN(C(=O)[C@H](CO)NC(=O)c2cc(N3CC[C@H](OC)C3)cc(-c3ccccc3)n2)CC1. The summed E-state index contributed by atoms with van der Waals surface area (Å²) in [5.41, 5.74) is 2.47. The first-order valence-corrected chi connectivity index (χ1v) is 14.1. The number of carbonyl (C=O) groups excluding carboxylic acids is 3. The van der Waals surface area contributed by atoms with Gasteiger partial charge in [-0.2, -0.15) is 0 Å². The molecule has 41 heavy (non-hydrogen) atoms. The Labute approximate surface area is 240 Å². The van der Waals surface area contributed by atoms with Gasteiger partial charge in [0.2, 0.25) is 5.91 Å². The van der Waals surface area contributed by atoms with E-state index in [-0.39, 0.29) is 38.0 Å². The number of pyridine rings is 1. The average Bonchev–Trinajstić information content (AvgIpc) is 3.50. The van der Waals surface area contributed by atoms with Crippen LogP contribution in [0.15, 0.2) is 42.5 Å². The highest BCUT2D eigenvalue weighted by Crippen LogP contribution is 2.27. The fourth-order valence-corrected chi connectivity index (χ4v) is 4.80. The molecule has 2 aliphatic heterocycles. The lowest BCUT2D eigenvalue weighted by molar-refractivity contribution is -0.158. The molecule has 0 radical (unpaired) electrons. The summed E-state index contributed by atoms with van der Waals surface area (Å²) < 4.78 is 10.5. The number of aliphatic hydroxyl groups is 1. The highest BCUT2D eigenvalue weighted by atomic mass is 16.8. The van der Waals surface area contributed by atoms with Gasteiger partial charge in [0.15, 0.2) is 0 Å². The Morgan fingerprint density at radius 2 is 1.85 bits per heavy atom. The van der Waals surface area contributed by atoms with E-state index in [1.165, 1.54) is 9.96 Å². The van der Waals surface area contributed by atoms with Crippen molar-refractivity contribution in [3.63, 3.8) is 0 Å². The number of nitrogens with zero attached hydrogens (tertiary/aromatic N) is 4. The molecule has 2 N–H and O–H groups in total. The molecule has 222 valence electrons. The van der Waals surface area contributed by atoms with E-state index in [9.17, 15) is 19.5 Å². The topological polar surface area (TPSA) is 134 Å². The number of carbonyl (C=O) groups is 3. The second-order valence-electron chi connectivity index (χ2n) is 10.1. The Kier molecular flexibility index (Phi) is 10.9. The van der Waals surface area contributed by atoms with Crippen molar-refractivity contribution >= 4 is 23.7 Å². The van der Waals surface area contributed by atoms with E-state index in [1.807, 2.05) is 43.3 Å². The lowest BCUT2D eigenvalue weighted by Gasteiger charge is -2.34. The van der Waals surface area contributed by atoms with Crippen molar-refractivity contribution < 1.29 is 33.8 Å². The number of benzene rings is 1. The normalized spacial score (nSPS) is 18.2. The van der Waals surface area contributed by atoms with Gasteiger partial charge in [-0.25, -0.2) is 9.78 Å². The first kappa shape index (κ1) is 30.2. The van der Waals surface area contributed by atoms with Crippen LogP contribution in [-0.2, 0) is 19.1 Å². The zero-order valence-corrected chi connectivity index (χ0v) is 23.7. The van der Waals surface area contributed by atoms with Crippen molar-refractivity contribution in [2.45, 2.75) is 38.3 Å². The minimum Gasteiger partial charge on any atom is -0.433 e. The van der Waals surface area contributed by atoms with Crippen LogP contribution < -0.4 is 10.2 Å². The molecule has 2 saturated heterocycles. The number of amides is 2. The third-order valence-corrected chi connectivity index (χ3v) is 7.21. The third-order valence-electron chi connectivity index (χ3n) is 7.21. The van der Waals surface area contributed by atoms with E-state index in [1.54, 1.807) is 13.2 Å². The quantitative estimate of drug-likeness (QED) is 0.306. The molecule has 12 heteroatoms. The third kappa shape index (κ3) is 8.15. The van der Waals surface area contributed by atoms with Crippen LogP contribution in [0.1, 0.15) is 36.7 Å². The number of piperazine rings is 1. The minimum atomic E-state index is -1.15. The van der Waals surface area contributed by atoms with Crippen LogP contribution >= 0.6 is 0 Å². The molecular formula is C29H39N5O7. The maximum Gasteiger partial charge on any atom is 0.527 e. The largest absolute Gasteiger partial charge is 0.527 e. The van der Waals surface area contributed by atoms with E-state index < -0.39 is 30.6 Å². The van der Waals surface area contributed by atoms with Crippen LogP contribution in [0.2, 0.25) is 0 Å². The lowest BCUT2D eigenvalue weighted by Crippen LogP contribution is -2.56. The molecule has 0 saturated carbocycles. The van der Waals surface area contributed by atoms with Crippen LogP contribution in [0.3, 0.4) is 0 Å². The molecular weight excluding hydrogens is 530 g/mol. The van der Waals surface area contributed by atoms with Gasteiger partial charge in [-0.05, 0) is 25.0 Å². The first-order chi connectivity index (χ1) is 19.9. The number of hydrogen-bond acceptors (Lipinski definition) is 10. The zero-order valence-electron chi connectivity index (χ0n) is 23.7. The van der Waals surface area contributed by atoms with Crippen molar-refractivity contribution in [2.24, 2.45) is 0 Å². The van der Waals surface area contributed by atoms with Crippen LogP contribution in [-0.4, -0.2) is 110 Å². The fourth-order valence-electron chi connectivity index (χ4n) is 4.80. The van der Waals surface area contributed by atoms with E-state index >= 15 is 0 Å². The molecule has 2 aromatic rings. The number of unbranched alkanes of at least 4 members (excludes halogenated alkanes) is 1. The number of aromatic nitrogens is 1. The zero-order chi connectivity index (χ0) is 29.2. The van der Waals surface area contributed by atoms with E-state index in [2.05, 4.69) is 15.2 Å². The minimum absolute atomic E-state index is 0.106. The number of nitrogens with one attached hydrogen (secondary N) is 1. The Morgan fingerprint density at radius 1 is 1.10 bits per heavy atom. The summed E-state index contributed by atoms with van der Waals surface area (Å²) >= 11 is 0. The number of methoxy groups -OCH3 is 1. The van der Waals surface area contributed by atoms with Crippen LogP contribution in [0, 0.1) is 0 Å². The molecule has 3 heterocycles. The lowest BCUT2D eigenvalue weighted by atomic mass is 10.1. The van der Waals surface area contributed by atoms with Crippen molar-refractivity contribution in [2.75, 3.05) is 64.5 Å². The standard InChI is InChI=1S/C29H39N5O7/c1-3-4-16-40-29(38)41-34-14-12-32(13-15-34)28(37)26(20-35)31-27(36)25-18-22(33-11-10-23(19-33)39-2)17-24(30-25)21-8-6-5-7-9-21/h5-9,17-18,23,26,35H,3-4,10-16,19-20H2,1-2H3,(H,31,36)/t23-,26-/m0/s1. The average molecular weight is 570 g/mol. The Morgan fingerprint density at radius 3 is 2.51 bits per heavy atom. The van der Waals surface area contributed by atoms with Gasteiger partial charge in [0.1, 0.15) is 11.7 Å². The monoisotopic (exact) mass is 569 g/mol. The van der Waals surface area contributed by atoms with Gasteiger partial charge in [-0.3, -0.25) is 9.59 Å². The maximum absolute atomic E-state index is 13.4. The van der Waals surface area contributed by atoms with Crippen molar-refractivity contribution in [1.29, 1.82) is 0 Å². The van der Waals surface area contributed by atoms with Crippen LogP contribution in [0.4, 0.5) is 10.5 Å². The molecule has 2 amide bonds. The molecule has 4 rings (SSSR count). The Bertz CT molecular complexity index is 1170. The smallest absolute Gasteiger partial charge is 0.433 e. The molecule has 0 spiro atoms. The molecule has 12 nitrogen and oxygen atoms in total.